The van der Waals surface area contributed by atoms with E-state index in [2.05, 4.69) is 26.6 Å². The first-order valence-corrected chi connectivity index (χ1v) is 8.59. The van der Waals surface area contributed by atoms with E-state index in [1.165, 1.54) is 0 Å². The fraction of sp³-hybridized carbons (Fsp3) is 0.235. The summed E-state index contributed by atoms with van der Waals surface area (Å²) in [6.45, 7) is 3.03. The summed E-state index contributed by atoms with van der Waals surface area (Å²) in [6, 6.07) is 9.12. The van der Waals surface area contributed by atoms with Gasteiger partial charge in [-0.15, -0.1) is 0 Å². The van der Waals surface area contributed by atoms with Crippen molar-refractivity contribution in [2.45, 2.75) is 6.92 Å². The Hall–Kier alpha value is -1.92. The van der Waals surface area contributed by atoms with Crippen LogP contribution in [0.4, 0.5) is 11.4 Å². The Morgan fingerprint density at radius 1 is 1.17 bits per heavy atom. The van der Waals surface area contributed by atoms with Crippen LogP contribution in [0.1, 0.15) is 5.56 Å². The lowest BCUT2D eigenvalue weighted by Crippen LogP contribution is -2.22. The molecule has 126 valence electrons. The van der Waals surface area contributed by atoms with E-state index in [9.17, 15) is 4.79 Å². The van der Waals surface area contributed by atoms with E-state index in [0.717, 1.165) is 15.7 Å². The second-order valence-corrected chi connectivity index (χ2v) is 6.66. The van der Waals surface area contributed by atoms with Crippen LogP contribution < -0.4 is 20.1 Å². The summed E-state index contributed by atoms with van der Waals surface area (Å²) in [5.41, 5.74) is 2.39. The Labute approximate surface area is 153 Å². The van der Waals surface area contributed by atoms with Crippen LogP contribution >= 0.6 is 27.5 Å². The van der Waals surface area contributed by atoms with Crippen LogP contribution in [0.15, 0.2) is 34.8 Å². The fourth-order valence-corrected chi connectivity index (χ4v) is 3.03. The minimum Gasteiger partial charge on any atom is -0.486 e. The zero-order valence-corrected chi connectivity index (χ0v) is 15.3. The van der Waals surface area contributed by atoms with Crippen LogP contribution in [0, 0.1) is 6.92 Å². The molecule has 1 heterocycles. The summed E-state index contributed by atoms with van der Waals surface area (Å²) < 4.78 is 12.0. The molecule has 0 atom stereocenters. The highest BCUT2D eigenvalue weighted by Gasteiger charge is 2.15. The highest BCUT2D eigenvalue weighted by Crippen LogP contribution is 2.37. The monoisotopic (exact) mass is 410 g/mol. The van der Waals surface area contributed by atoms with Gasteiger partial charge < -0.3 is 20.1 Å². The van der Waals surface area contributed by atoms with Crippen LogP contribution in [0.3, 0.4) is 0 Å². The van der Waals surface area contributed by atoms with Crippen molar-refractivity contribution in [1.82, 2.24) is 0 Å². The molecule has 7 heteroatoms. The standard InChI is InChI=1S/C17H16BrClN2O3/c1-10-6-11(18)2-3-13(10)21-17(22)9-20-14-8-16-15(7-12(14)19)23-4-5-24-16/h2-3,6-8,20H,4-5,9H2,1H3,(H,21,22). The highest BCUT2D eigenvalue weighted by molar-refractivity contribution is 9.10. The normalized spacial score (nSPS) is 12.6. The number of hydrogen-bond acceptors (Lipinski definition) is 4. The van der Waals surface area contributed by atoms with Crippen LogP contribution in [-0.2, 0) is 4.79 Å². The molecule has 5 nitrogen and oxygen atoms in total. The SMILES string of the molecule is Cc1cc(Br)ccc1NC(=O)CNc1cc2c(cc1Cl)OCCO2. The lowest BCUT2D eigenvalue weighted by atomic mass is 10.2. The molecule has 0 aromatic heterocycles. The molecule has 0 bridgehead atoms. The lowest BCUT2D eigenvalue weighted by Gasteiger charge is -2.20. The Morgan fingerprint density at radius 3 is 2.58 bits per heavy atom. The minimum atomic E-state index is -0.161. The molecular weight excluding hydrogens is 396 g/mol. The Kier molecular flexibility index (Phi) is 5.16. The topological polar surface area (TPSA) is 59.6 Å². The molecule has 2 N–H and O–H groups in total. The van der Waals surface area contributed by atoms with Gasteiger partial charge in [0.05, 0.1) is 17.3 Å². The van der Waals surface area contributed by atoms with Gasteiger partial charge in [-0.1, -0.05) is 27.5 Å². The van der Waals surface area contributed by atoms with Crippen molar-refractivity contribution in [3.8, 4) is 11.5 Å². The predicted octanol–water partition coefficient (Wildman–Crippen LogP) is 4.23. The highest BCUT2D eigenvalue weighted by atomic mass is 79.9. The van der Waals surface area contributed by atoms with Crippen molar-refractivity contribution in [3.05, 3.63) is 45.4 Å². The fourth-order valence-electron chi connectivity index (χ4n) is 2.34. The van der Waals surface area contributed by atoms with E-state index in [-0.39, 0.29) is 12.5 Å². The van der Waals surface area contributed by atoms with E-state index in [1.807, 2.05) is 25.1 Å². The third-order valence-electron chi connectivity index (χ3n) is 3.53. The molecule has 1 amide bonds. The summed E-state index contributed by atoms with van der Waals surface area (Å²) in [5, 5.41) is 6.37. The van der Waals surface area contributed by atoms with Crippen molar-refractivity contribution in [2.75, 3.05) is 30.4 Å². The van der Waals surface area contributed by atoms with Gasteiger partial charge in [-0.25, -0.2) is 0 Å². The van der Waals surface area contributed by atoms with E-state index in [1.54, 1.807) is 12.1 Å². The Morgan fingerprint density at radius 2 is 1.88 bits per heavy atom. The number of amides is 1. The molecule has 0 fully saturated rings. The molecule has 0 saturated carbocycles. The van der Waals surface area contributed by atoms with E-state index >= 15 is 0 Å². The third-order valence-corrected chi connectivity index (χ3v) is 4.34. The second-order valence-electron chi connectivity index (χ2n) is 5.34. The van der Waals surface area contributed by atoms with Crippen LogP contribution in [0.2, 0.25) is 5.02 Å². The number of halogens is 2. The van der Waals surface area contributed by atoms with Crippen molar-refractivity contribution in [2.24, 2.45) is 0 Å². The van der Waals surface area contributed by atoms with Crippen molar-refractivity contribution >= 4 is 44.8 Å². The van der Waals surface area contributed by atoms with Crippen molar-refractivity contribution in [1.29, 1.82) is 0 Å². The van der Waals surface area contributed by atoms with Gasteiger partial charge in [0, 0.05) is 22.3 Å². The number of hydrogen-bond donors (Lipinski definition) is 2. The molecule has 2 aromatic rings. The first-order valence-electron chi connectivity index (χ1n) is 7.42. The maximum atomic E-state index is 12.1. The molecule has 1 aliphatic heterocycles. The largest absolute Gasteiger partial charge is 0.486 e. The summed E-state index contributed by atoms with van der Waals surface area (Å²) in [7, 11) is 0. The number of benzene rings is 2. The third kappa shape index (κ3) is 3.94. The molecule has 0 saturated heterocycles. The molecule has 0 unspecified atom stereocenters. The smallest absolute Gasteiger partial charge is 0.243 e. The van der Waals surface area contributed by atoms with Gasteiger partial charge in [0.15, 0.2) is 11.5 Å². The maximum absolute atomic E-state index is 12.1. The average Bonchev–Trinajstić information content (AvgIpc) is 2.55. The molecule has 24 heavy (non-hydrogen) atoms. The van der Waals surface area contributed by atoms with Crippen molar-refractivity contribution in [3.63, 3.8) is 0 Å². The summed E-state index contributed by atoms with van der Waals surface area (Å²) in [4.78, 5) is 12.1. The van der Waals surface area contributed by atoms with E-state index < -0.39 is 0 Å². The van der Waals surface area contributed by atoms with Gasteiger partial charge in [0.1, 0.15) is 13.2 Å². The lowest BCUT2D eigenvalue weighted by molar-refractivity contribution is -0.114. The second kappa shape index (κ2) is 7.32. The zero-order valence-electron chi connectivity index (χ0n) is 13.0. The number of ether oxygens (including phenoxy) is 2. The number of rotatable bonds is 4. The van der Waals surface area contributed by atoms with Gasteiger partial charge in [-0.05, 0) is 30.7 Å². The molecule has 1 aliphatic rings. The number of anilines is 2. The quantitative estimate of drug-likeness (QED) is 0.790. The van der Waals surface area contributed by atoms with Crippen LogP contribution in [0.25, 0.3) is 0 Å². The maximum Gasteiger partial charge on any atom is 0.243 e. The van der Waals surface area contributed by atoms with Gasteiger partial charge in [0.25, 0.3) is 0 Å². The molecular formula is C17H16BrClN2O3. The number of fused-ring (bicyclic) bond motifs is 1. The molecule has 2 aromatic carbocycles. The number of aryl methyl sites for hydroxylation is 1. The first-order chi connectivity index (χ1) is 11.5. The van der Waals surface area contributed by atoms with Crippen LogP contribution in [0.5, 0.6) is 11.5 Å². The van der Waals surface area contributed by atoms with Gasteiger partial charge in [0.2, 0.25) is 5.91 Å². The van der Waals surface area contributed by atoms with E-state index in [4.69, 9.17) is 21.1 Å². The number of nitrogens with one attached hydrogen (secondary N) is 2. The molecule has 0 spiro atoms. The molecule has 3 rings (SSSR count). The summed E-state index contributed by atoms with van der Waals surface area (Å²) in [6.07, 6.45) is 0. The predicted molar refractivity (Wildman–Crippen MR) is 98.4 cm³/mol. The number of carbonyl (C=O) groups is 1. The van der Waals surface area contributed by atoms with Gasteiger partial charge in [-0.3, -0.25) is 4.79 Å². The molecule has 0 radical (unpaired) electrons. The van der Waals surface area contributed by atoms with Crippen molar-refractivity contribution < 1.29 is 14.3 Å². The van der Waals surface area contributed by atoms with Gasteiger partial charge in [-0.2, -0.15) is 0 Å². The first kappa shape index (κ1) is 16.9. The van der Waals surface area contributed by atoms with Gasteiger partial charge >= 0.3 is 0 Å². The summed E-state index contributed by atoms with van der Waals surface area (Å²) >= 11 is 9.61. The van der Waals surface area contributed by atoms with Crippen LogP contribution in [-0.4, -0.2) is 25.7 Å². The average molecular weight is 412 g/mol. The Bertz CT molecular complexity index is 783. The molecule has 0 aliphatic carbocycles. The minimum absolute atomic E-state index is 0.0921. The summed E-state index contributed by atoms with van der Waals surface area (Å²) in [5.74, 6) is 1.08. The zero-order chi connectivity index (χ0) is 17.1. The van der Waals surface area contributed by atoms with E-state index in [0.29, 0.717) is 35.4 Å². The number of carbonyl (C=O) groups excluding carboxylic acids is 1. The Balaban J connectivity index is 1.64.